The summed E-state index contributed by atoms with van der Waals surface area (Å²) in [7, 11) is 0. The minimum atomic E-state index is -1.23. The summed E-state index contributed by atoms with van der Waals surface area (Å²) in [4.78, 5) is 21.3. The van der Waals surface area contributed by atoms with Gasteiger partial charge < -0.3 is 9.84 Å². The molecule has 6 heteroatoms. The zero-order valence-corrected chi connectivity index (χ0v) is 9.83. The van der Waals surface area contributed by atoms with Crippen molar-refractivity contribution in [2.45, 2.75) is 13.0 Å². The molecule has 1 N–H and O–H groups in total. The van der Waals surface area contributed by atoms with Crippen LogP contribution in [0.25, 0.3) is 0 Å². The monoisotopic (exact) mass is 251 g/mol. The second kappa shape index (κ2) is 5.92. The maximum atomic E-state index is 11.3. The number of nitro groups is 1. The average molecular weight is 251 g/mol. The molecule has 0 saturated carbocycles. The number of carbonyl (C=O) groups is 1. The van der Waals surface area contributed by atoms with Gasteiger partial charge in [0.2, 0.25) is 0 Å². The molecule has 0 aromatic heterocycles. The van der Waals surface area contributed by atoms with Crippen molar-refractivity contribution >= 4 is 11.7 Å². The third kappa shape index (κ3) is 3.14. The Kier molecular flexibility index (Phi) is 4.56. The van der Waals surface area contributed by atoms with Gasteiger partial charge >= 0.3 is 5.97 Å². The summed E-state index contributed by atoms with van der Waals surface area (Å²) in [5.41, 5.74) is 0.150. The van der Waals surface area contributed by atoms with Crippen LogP contribution >= 0.6 is 0 Å². The number of hydrogen-bond acceptors (Lipinski definition) is 5. The van der Waals surface area contributed by atoms with E-state index < -0.39 is 17.0 Å². The van der Waals surface area contributed by atoms with Crippen molar-refractivity contribution in [3.63, 3.8) is 0 Å². The van der Waals surface area contributed by atoms with Crippen LogP contribution in [0.1, 0.15) is 18.6 Å². The number of aliphatic hydroxyl groups is 1. The van der Waals surface area contributed by atoms with E-state index in [9.17, 15) is 20.0 Å². The fraction of sp³-hybridized carbons (Fsp3) is 0.250. The van der Waals surface area contributed by atoms with Crippen LogP contribution in [0.3, 0.4) is 0 Å². The van der Waals surface area contributed by atoms with E-state index in [-0.39, 0.29) is 17.9 Å². The van der Waals surface area contributed by atoms with Gasteiger partial charge in [0, 0.05) is 12.1 Å². The van der Waals surface area contributed by atoms with Gasteiger partial charge in [-0.05, 0) is 24.6 Å². The Balaban J connectivity index is 2.84. The lowest BCUT2D eigenvalue weighted by molar-refractivity contribution is -0.384. The SMILES string of the molecule is C=C(C(=O)OCC)C(O)c1ccc([N+](=O)[O-])cc1. The first-order valence-corrected chi connectivity index (χ1v) is 5.25. The maximum Gasteiger partial charge on any atom is 0.336 e. The van der Waals surface area contributed by atoms with Gasteiger partial charge in [0.1, 0.15) is 6.10 Å². The molecule has 0 heterocycles. The van der Waals surface area contributed by atoms with Crippen LogP contribution in [0, 0.1) is 10.1 Å². The van der Waals surface area contributed by atoms with Crippen molar-refractivity contribution in [2.24, 2.45) is 0 Å². The first kappa shape index (κ1) is 13.9. The third-order valence-corrected chi connectivity index (χ3v) is 2.29. The maximum absolute atomic E-state index is 11.3. The fourth-order valence-corrected chi connectivity index (χ4v) is 1.31. The molecular weight excluding hydrogens is 238 g/mol. The van der Waals surface area contributed by atoms with Gasteiger partial charge in [-0.25, -0.2) is 4.79 Å². The molecule has 0 fully saturated rings. The van der Waals surface area contributed by atoms with Crippen molar-refractivity contribution in [1.82, 2.24) is 0 Å². The molecule has 6 nitrogen and oxygen atoms in total. The first-order valence-electron chi connectivity index (χ1n) is 5.25. The molecule has 0 aliphatic carbocycles. The second-order valence-electron chi connectivity index (χ2n) is 3.50. The van der Waals surface area contributed by atoms with Crippen molar-refractivity contribution in [3.05, 3.63) is 52.1 Å². The Morgan fingerprint density at radius 2 is 2.06 bits per heavy atom. The normalized spacial score (nSPS) is 11.7. The van der Waals surface area contributed by atoms with Crippen LogP contribution < -0.4 is 0 Å². The smallest absolute Gasteiger partial charge is 0.336 e. The van der Waals surface area contributed by atoms with Crippen LogP contribution in [0.5, 0.6) is 0 Å². The van der Waals surface area contributed by atoms with E-state index in [0.29, 0.717) is 5.56 Å². The summed E-state index contributed by atoms with van der Waals surface area (Å²) < 4.78 is 4.70. The van der Waals surface area contributed by atoms with Gasteiger partial charge in [0.05, 0.1) is 17.1 Å². The lowest BCUT2D eigenvalue weighted by atomic mass is 10.0. The van der Waals surface area contributed by atoms with Crippen LogP contribution in [0.15, 0.2) is 36.4 Å². The molecule has 1 aromatic rings. The quantitative estimate of drug-likeness (QED) is 0.372. The zero-order chi connectivity index (χ0) is 13.7. The second-order valence-corrected chi connectivity index (χ2v) is 3.50. The lowest BCUT2D eigenvalue weighted by Crippen LogP contribution is -2.13. The molecule has 0 saturated heterocycles. The summed E-state index contributed by atoms with van der Waals surface area (Å²) in [5, 5.41) is 20.3. The molecule has 96 valence electrons. The number of hydrogen-bond donors (Lipinski definition) is 1. The molecule has 0 aliphatic heterocycles. The van der Waals surface area contributed by atoms with Crippen molar-refractivity contribution < 1.29 is 19.6 Å². The summed E-state index contributed by atoms with van der Waals surface area (Å²) in [5.74, 6) is -0.691. The molecule has 0 bridgehead atoms. The number of esters is 1. The molecule has 0 spiro atoms. The highest BCUT2D eigenvalue weighted by Gasteiger charge is 2.20. The van der Waals surface area contributed by atoms with Gasteiger partial charge in [0.25, 0.3) is 5.69 Å². The van der Waals surface area contributed by atoms with Gasteiger partial charge in [-0.1, -0.05) is 6.58 Å². The van der Waals surface area contributed by atoms with Gasteiger partial charge in [0.15, 0.2) is 0 Å². The van der Waals surface area contributed by atoms with E-state index in [1.165, 1.54) is 24.3 Å². The lowest BCUT2D eigenvalue weighted by Gasteiger charge is -2.12. The number of rotatable bonds is 5. The van der Waals surface area contributed by atoms with Gasteiger partial charge in [-0.3, -0.25) is 10.1 Å². The largest absolute Gasteiger partial charge is 0.463 e. The number of ether oxygens (including phenoxy) is 1. The highest BCUT2D eigenvalue weighted by Crippen LogP contribution is 2.23. The summed E-state index contributed by atoms with van der Waals surface area (Å²) in [6.07, 6.45) is -1.23. The van der Waals surface area contributed by atoms with E-state index in [0.717, 1.165) is 0 Å². The predicted molar refractivity (Wildman–Crippen MR) is 63.8 cm³/mol. The van der Waals surface area contributed by atoms with E-state index in [2.05, 4.69) is 6.58 Å². The third-order valence-electron chi connectivity index (χ3n) is 2.29. The highest BCUT2D eigenvalue weighted by atomic mass is 16.6. The molecule has 0 amide bonds. The molecule has 1 aromatic carbocycles. The summed E-state index contributed by atoms with van der Waals surface area (Å²) in [6.45, 7) is 5.28. The molecule has 1 atom stereocenters. The number of carbonyl (C=O) groups excluding carboxylic acids is 1. The van der Waals surface area contributed by atoms with Crippen LogP contribution in [0.4, 0.5) is 5.69 Å². The summed E-state index contributed by atoms with van der Waals surface area (Å²) in [6, 6.07) is 5.23. The molecule has 1 unspecified atom stereocenters. The molecule has 18 heavy (non-hydrogen) atoms. The molecule has 1 rings (SSSR count). The van der Waals surface area contributed by atoms with E-state index >= 15 is 0 Å². The van der Waals surface area contributed by atoms with Crippen LogP contribution in [-0.4, -0.2) is 22.6 Å². The van der Waals surface area contributed by atoms with E-state index in [4.69, 9.17) is 4.74 Å². The Hall–Kier alpha value is -2.21. The van der Waals surface area contributed by atoms with E-state index in [1.807, 2.05) is 0 Å². The van der Waals surface area contributed by atoms with Gasteiger partial charge in [-0.2, -0.15) is 0 Å². The topological polar surface area (TPSA) is 89.7 Å². The predicted octanol–water partition coefficient (Wildman–Crippen LogP) is 1.75. The fourth-order valence-electron chi connectivity index (χ4n) is 1.31. The number of non-ortho nitro benzene ring substituents is 1. The average Bonchev–Trinajstić information content (AvgIpc) is 2.37. The first-order chi connectivity index (χ1) is 8.47. The van der Waals surface area contributed by atoms with Crippen molar-refractivity contribution in [2.75, 3.05) is 6.61 Å². The van der Waals surface area contributed by atoms with Crippen LogP contribution in [0.2, 0.25) is 0 Å². The number of nitro benzene ring substituents is 1. The number of aliphatic hydroxyl groups excluding tert-OH is 1. The Morgan fingerprint density at radius 1 is 1.50 bits per heavy atom. The van der Waals surface area contributed by atoms with Crippen LogP contribution in [-0.2, 0) is 9.53 Å². The Morgan fingerprint density at radius 3 is 2.50 bits per heavy atom. The zero-order valence-electron chi connectivity index (χ0n) is 9.83. The number of nitrogens with zero attached hydrogens (tertiary/aromatic N) is 1. The molecular formula is C12H13NO5. The van der Waals surface area contributed by atoms with Crippen molar-refractivity contribution in [3.8, 4) is 0 Å². The molecule has 0 radical (unpaired) electrons. The standard InChI is InChI=1S/C12H13NO5/c1-3-18-12(15)8(2)11(14)9-4-6-10(7-5-9)13(16)17/h4-7,11,14H,2-3H2,1H3. The highest BCUT2D eigenvalue weighted by molar-refractivity contribution is 5.89. The summed E-state index contributed by atoms with van der Waals surface area (Å²) >= 11 is 0. The minimum absolute atomic E-state index is 0.0901. The number of benzene rings is 1. The Bertz CT molecular complexity index is 466. The Labute approximate surface area is 104 Å². The van der Waals surface area contributed by atoms with Crippen molar-refractivity contribution in [1.29, 1.82) is 0 Å². The van der Waals surface area contributed by atoms with Gasteiger partial charge in [-0.15, -0.1) is 0 Å². The minimum Gasteiger partial charge on any atom is -0.463 e. The van der Waals surface area contributed by atoms with E-state index in [1.54, 1.807) is 6.92 Å². The molecule has 0 aliphatic rings.